The lowest BCUT2D eigenvalue weighted by Gasteiger charge is -2.09. The predicted molar refractivity (Wildman–Crippen MR) is 148 cm³/mol. The lowest BCUT2D eigenvalue weighted by Crippen LogP contribution is -1.92. The Morgan fingerprint density at radius 3 is 2.31 bits per heavy atom. The molecule has 8 aromatic rings. The van der Waals surface area contributed by atoms with Crippen molar-refractivity contribution in [1.29, 1.82) is 0 Å². The molecule has 8 rings (SSSR count). The molecule has 0 unspecified atom stereocenters. The van der Waals surface area contributed by atoms with E-state index in [2.05, 4.69) is 83.3 Å². The lowest BCUT2D eigenvalue weighted by molar-refractivity contribution is 0.475. The molecule has 0 radical (unpaired) electrons. The molecule has 0 aliphatic carbocycles. The van der Waals surface area contributed by atoms with Gasteiger partial charge in [0.25, 0.3) is 0 Å². The van der Waals surface area contributed by atoms with Crippen LogP contribution >= 0.6 is 11.3 Å². The number of imidazole rings is 1. The van der Waals surface area contributed by atoms with E-state index in [9.17, 15) is 5.11 Å². The molecule has 0 amide bonds. The fourth-order valence-electron chi connectivity index (χ4n) is 5.45. The van der Waals surface area contributed by atoms with Gasteiger partial charge < -0.3 is 5.11 Å². The largest absolute Gasteiger partial charge is 0.508 e. The molecule has 3 nitrogen and oxygen atoms in total. The van der Waals surface area contributed by atoms with Gasteiger partial charge in [-0.1, -0.05) is 60.7 Å². The van der Waals surface area contributed by atoms with Crippen LogP contribution in [0.4, 0.5) is 0 Å². The summed E-state index contributed by atoms with van der Waals surface area (Å²) in [6, 6.07) is 35.6. The summed E-state index contributed by atoms with van der Waals surface area (Å²) in [7, 11) is 0. The molecule has 0 atom stereocenters. The van der Waals surface area contributed by atoms with Gasteiger partial charge >= 0.3 is 0 Å². The molecule has 0 saturated heterocycles. The Kier molecular flexibility index (Phi) is 3.69. The Bertz CT molecular complexity index is 2120. The smallest absolute Gasteiger partial charge is 0.156 e. The van der Waals surface area contributed by atoms with Crippen molar-refractivity contribution in [1.82, 2.24) is 9.38 Å². The topological polar surface area (TPSA) is 37.5 Å². The number of phenolic OH excluding ortho intramolecular Hbond substituents is 1. The molecule has 35 heavy (non-hydrogen) atoms. The quantitative estimate of drug-likeness (QED) is 0.246. The third-order valence-corrected chi connectivity index (χ3v) is 8.25. The molecular formula is C31H18N2OS. The Morgan fingerprint density at radius 2 is 1.43 bits per heavy atom. The molecule has 1 N–H and O–H groups in total. The second-order valence-electron chi connectivity index (χ2n) is 9.00. The van der Waals surface area contributed by atoms with Crippen LogP contribution in [0.25, 0.3) is 69.7 Å². The third-order valence-electron chi connectivity index (χ3n) is 7.07. The van der Waals surface area contributed by atoms with Crippen LogP contribution in [0.5, 0.6) is 5.75 Å². The van der Waals surface area contributed by atoms with E-state index in [1.54, 1.807) is 23.5 Å². The minimum atomic E-state index is 0.264. The highest BCUT2D eigenvalue weighted by Crippen LogP contribution is 2.41. The highest BCUT2D eigenvalue weighted by atomic mass is 32.1. The number of nitrogens with zero attached hydrogens (tertiary/aromatic N) is 2. The number of hydrogen-bond donors (Lipinski definition) is 1. The monoisotopic (exact) mass is 466 g/mol. The van der Waals surface area contributed by atoms with Crippen molar-refractivity contribution >= 4 is 69.7 Å². The molecule has 0 saturated carbocycles. The van der Waals surface area contributed by atoms with Crippen LogP contribution in [0.2, 0.25) is 0 Å². The van der Waals surface area contributed by atoms with Crippen LogP contribution < -0.4 is 0 Å². The molecule has 0 aliphatic heterocycles. The van der Waals surface area contributed by atoms with Gasteiger partial charge in [-0.3, -0.25) is 4.40 Å². The summed E-state index contributed by atoms with van der Waals surface area (Å²) in [6.07, 6.45) is 0. The van der Waals surface area contributed by atoms with Crippen molar-refractivity contribution in [3.8, 4) is 17.0 Å². The van der Waals surface area contributed by atoms with Crippen molar-refractivity contribution < 1.29 is 5.11 Å². The van der Waals surface area contributed by atoms with Crippen LogP contribution in [0.15, 0.2) is 103 Å². The van der Waals surface area contributed by atoms with Crippen molar-refractivity contribution in [2.75, 3.05) is 0 Å². The molecule has 164 valence electrons. The lowest BCUT2D eigenvalue weighted by atomic mass is 10.0. The zero-order chi connectivity index (χ0) is 23.1. The highest BCUT2D eigenvalue weighted by Gasteiger charge is 2.19. The first-order valence-electron chi connectivity index (χ1n) is 11.6. The molecule has 3 aromatic heterocycles. The minimum Gasteiger partial charge on any atom is -0.508 e. The SMILES string of the molecule is Oc1ccc(-c2cc3c4ccccc4sc3c3nc4c5ccc6ccccc6c5ccc4n23)cc1. The van der Waals surface area contributed by atoms with Gasteiger partial charge in [-0.25, -0.2) is 4.98 Å². The van der Waals surface area contributed by atoms with E-state index >= 15 is 0 Å². The molecule has 5 aromatic carbocycles. The molecule has 0 fully saturated rings. The fraction of sp³-hybridized carbons (Fsp3) is 0. The molecule has 0 aliphatic rings. The number of phenols is 1. The number of aromatic nitrogens is 2. The first-order chi connectivity index (χ1) is 17.3. The van der Waals surface area contributed by atoms with Gasteiger partial charge in [-0.2, -0.15) is 0 Å². The third kappa shape index (κ3) is 2.57. The van der Waals surface area contributed by atoms with Gasteiger partial charge in [0, 0.05) is 20.9 Å². The Labute approximate surface area is 204 Å². The second kappa shape index (κ2) is 6.81. The van der Waals surface area contributed by atoms with E-state index in [0.29, 0.717) is 0 Å². The zero-order valence-corrected chi connectivity index (χ0v) is 19.4. The van der Waals surface area contributed by atoms with Crippen molar-refractivity contribution in [2.24, 2.45) is 0 Å². The van der Waals surface area contributed by atoms with Crippen LogP contribution in [-0.4, -0.2) is 14.5 Å². The van der Waals surface area contributed by atoms with Crippen molar-refractivity contribution in [3.63, 3.8) is 0 Å². The van der Waals surface area contributed by atoms with E-state index < -0.39 is 0 Å². The Balaban J connectivity index is 1.60. The van der Waals surface area contributed by atoms with Gasteiger partial charge in [0.15, 0.2) is 5.65 Å². The number of thiophene rings is 1. The summed E-state index contributed by atoms with van der Waals surface area (Å²) >= 11 is 1.80. The standard InChI is InChI=1S/C31H18N2OS/c34-20-12-9-19(10-13-20)27-17-25-23-7-3-4-8-28(23)35-30(25)31-32-29-24-14-11-18-5-1-2-6-21(18)22(24)15-16-26(29)33(27)31/h1-17,34H. The molecule has 3 heterocycles. The zero-order valence-electron chi connectivity index (χ0n) is 18.6. The molecule has 0 spiro atoms. The number of benzene rings is 5. The van der Waals surface area contributed by atoms with Crippen LogP contribution in [0, 0.1) is 0 Å². The number of fused-ring (bicyclic) bond motifs is 11. The minimum absolute atomic E-state index is 0.264. The average molecular weight is 467 g/mol. The summed E-state index contributed by atoms with van der Waals surface area (Å²) in [5.41, 5.74) is 5.19. The van der Waals surface area contributed by atoms with Crippen LogP contribution in [0.1, 0.15) is 0 Å². The second-order valence-corrected chi connectivity index (χ2v) is 10.1. The number of rotatable bonds is 1. The molecule has 0 bridgehead atoms. The van der Waals surface area contributed by atoms with Gasteiger partial charge in [-0.15, -0.1) is 11.3 Å². The van der Waals surface area contributed by atoms with Crippen molar-refractivity contribution in [3.05, 3.63) is 103 Å². The molecule has 4 heteroatoms. The van der Waals surface area contributed by atoms with E-state index in [-0.39, 0.29) is 5.75 Å². The highest BCUT2D eigenvalue weighted by molar-refractivity contribution is 7.26. The van der Waals surface area contributed by atoms with E-state index in [1.807, 2.05) is 12.1 Å². The number of pyridine rings is 1. The van der Waals surface area contributed by atoms with Gasteiger partial charge in [0.1, 0.15) is 5.75 Å². The fourth-order valence-corrected chi connectivity index (χ4v) is 6.61. The van der Waals surface area contributed by atoms with E-state index in [1.165, 1.54) is 36.3 Å². The summed E-state index contributed by atoms with van der Waals surface area (Å²) in [4.78, 5) is 5.30. The summed E-state index contributed by atoms with van der Waals surface area (Å²) in [5.74, 6) is 0.264. The van der Waals surface area contributed by atoms with Crippen LogP contribution in [-0.2, 0) is 0 Å². The first kappa shape index (κ1) is 19.0. The van der Waals surface area contributed by atoms with Gasteiger partial charge in [-0.05, 0) is 64.2 Å². The number of aromatic hydroxyl groups is 1. The van der Waals surface area contributed by atoms with Crippen LogP contribution in [0.3, 0.4) is 0 Å². The summed E-state index contributed by atoms with van der Waals surface area (Å²) in [6.45, 7) is 0. The van der Waals surface area contributed by atoms with Gasteiger partial charge in [0.05, 0.1) is 21.4 Å². The summed E-state index contributed by atoms with van der Waals surface area (Å²) < 4.78 is 4.74. The maximum Gasteiger partial charge on any atom is 0.156 e. The number of hydrogen-bond acceptors (Lipinski definition) is 3. The average Bonchev–Trinajstić information content (AvgIpc) is 3.47. The van der Waals surface area contributed by atoms with Crippen molar-refractivity contribution in [2.45, 2.75) is 0 Å². The van der Waals surface area contributed by atoms with E-state index in [0.717, 1.165) is 33.3 Å². The maximum atomic E-state index is 9.92. The van der Waals surface area contributed by atoms with E-state index in [4.69, 9.17) is 4.98 Å². The normalized spacial score (nSPS) is 12.1. The Hall–Kier alpha value is -4.41. The predicted octanol–water partition coefficient (Wildman–Crippen LogP) is 8.53. The van der Waals surface area contributed by atoms with Gasteiger partial charge in [0.2, 0.25) is 0 Å². The maximum absolute atomic E-state index is 9.92. The first-order valence-corrected chi connectivity index (χ1v) is 12.4. The summed E-state index contributed by atoms with van der Waals surface area (Å²) in [5, 5.41) is 17.2. The molecular weight excluding hydrogens is 448 g/mol. The Morgan fingerprint density at radius 1 is 0.657 bits per heavy atom.